The Kier molecular flexibility index (Phi) is 3.92. The largest absolute Gasteiger partial charge is 0.508 e. The zero-order valence-corrected chi connectivity index (χ0v) is 13.2. The molecule has 21 heavy (non-hydrogen) atoms. The molecule has 0 aliphatic carbocycles. The third-order valence-corrected chi connectivity index (χ3v) is 3.94. The van der Waals surface area contributed by atoms with Crippen molar-refractivity contribution in [3.63, 3.8) is 0 Å². The summed E-state index contributed by atoms with van der Waals surface area (Å²) in [5.41, 5.74) is 3.10. The van der Waals surface area contributed by atoms with Gasteiger partial charge in [-0.05, 0) is 64.3 Å². The summed E-state index contributed by atoms with van der Waals surface area (Å²) in [4.78, 5) is 0. The molecule has 0 fully saturated rings. The first-order valence-corrected chi connectivity index (χ1v) is 7.54. The predicted octanol–water partition coefficient (Wildman–Crippen LogP) is 3.85. The Bertz CT molecular complexity index is 673. The highest BCUT2D eigenvalue weighted by Gasteiger charge is 2.16. The summed E-state index contributed by atoms with van der Waals surface area (Å²) in [5, 5.41) is 12.8. The first-order chi connectivity index (χ1) is 10.1. The van der Waals surface area contributed by atoms with Gasteiger partial charge in [-0.2, -0.15) is 0 Å². The van der Waals surface area contributed by atoms with Crippen molar-refractivity contribution >= 4 is 21.6 Å². The van der Waals surface area contributed by atoms with E-state index < -0.39 is 0 Å². The lowest BCUT2D eigenvalue weighted by atomic mass is 10.1. The fraction of sp³-hybridized carbons (Fsp3) is 0.250. The number of phenols is 1. The van der Waals surface area contributed by atoms with E-state index in [2.05, 4.69) is 21.2 Å². The van der Waals surface area contributed by atoms with E-state index in [9.17, 15) is 5.11 Å². The Morgan fingerprint density at radius 2 is 2.00 bits per heavy atom. The number of anilines is 1. The highest BCUT2D eigenvalue weighted by atomic mass is 79.9. The van der Waals surface area contributed by atoms with Crippen LogP contribution in [-0.4, -0.2) is 18.3 Å². The lowest BCUT2D eigenvalue weighted by Crippen LogP contribution is -2.16. The minimum Gasteiger partial charge on any atom is -0.508 e. The molecule has 1 heterocycles. The molecule has 0 bridgehead atoms. The maximum absolute atomic E-state index is 9.43. The number of phenolic OH excluding ortho intramolecular Hbond substituents is 1. The number of nitrogens with one attached hydrogen (secondary N) is 1. The molecule has 0 saturated carbocycles. The van der Waals surface area contributed by atoms with Crippen LogP contribution in [0.2, 0.25) is 0 Å². The minimum atomic E-state index is 0.278. The van der Waals surface area contributed by atoms with Crippen LogP contribution in [-0.2, 0) is 6.54 Å². The zero-order chi connectivity index (χ0) is 14.8. The average molecular weight is 350 g/mol. The second kappa shape index (κ2) is 5.85. The van der Waals surface area contributed by atoms with Gasteiger partial charge in [-0.15, -0.1) is 0 Å². The van der Waals surface area contributed by atoms with Crippen molar-refractivity contribution in [3.05, 3.63) is 45.9 Å². The van der Waals surface area contributed by atoms with Gasteiger partial charge in [-0.3, -0.25) is 0 Å². The summed E-state index contributed by atoms with van der Waals surface area (Å²) in [6.07, 6.45) is 0. The van der Waals surface area contributed by atoms with Gasteiger partial charge in [0.15, 0.2) is 11.5 Å². The molecule has 0 aromatic heterocycles. The van der Waals surface area contributed by atoms with Gasteiger partial charge in [-0.1, -0.05) is 0 Å². The van der Waals surface area contributed by atoms with Gasteiger partial charge >= 0.3 is 0 Å². The minimum absolute atomic E-state index is 0.278. The second-order valence-electron chi connectivity index (χ2n) is 4.95. The molecule has 0 unspecified atom stereocenters. The van der Waals surface area contributed by atoms with Gasteiger partial charge in [0.2, 0.25) is 0 Å². The van der Waals surface area contributed by atoms with Gasteiger partial charge < -0.3 is 19.9 Å². The molecule has 1 aliphatic heterocycles. The van der Waals surface area contributed by atoms with Gasteiger partial charge in [0.1, 0.15) is 19.0 Å². The van der Waals surface area contributed by atoms with Crippen LogP contribution < -0.4 is 14.8 Å². The van der Waals surface area contributed by atoms with Crippen LogP contribution in [0.4, 0.5) is 5.69 Å². The topological polar surface area (TPSA) is 50.7 Å². The Morgan fingerprint density at radius 1 is 1.19 bits per heavy atom. The van der Waals surface area contributed by atoms with Gasteiger partial charge in [-0.25, -0.2) is 0 Å². The van der Waals surface area contributed by atoms with E-state index in [4.69, 9.17) is 9.47 Å². The molecule has 0 atom stereocenters. The number of ether oxygens (including phenoxy) is 2. The van der Waals surface area contributed by atoms with E-state index in [1.54, 1.807) is 12.1 Å². The third-order valence-electron chi connectivity index (χ3n) is 3.35. The third kappa shape index (κ3) is 3.08. The lowest BCUT2D eigenvalue weighted by molar-refractivity contribution is 0.170. The van der Waals surface area contributed by atoms with Crippen LogP contribution in [0.25, 0.3) is 0 Å². The Balaban J connectivity index is 1.77. The van der Waals surface area contributed by atoms with Crippen molar-refractivity contribution in [2.45, 2.75) is 13.5 Å². The summed E-state index contributed by atoms with van der Waals surface area (Å²) in [5.74, 6) is 1.82. The van der Waals surface area contributed by atoms with Crippen LogP contribution in [0.3, 0.4) is 0 Å². The summed E-state index contributed by atoms with van der Waals surface area (Å²) < 4.78 is 12.1. The number of aromatic hydroxyl groups is 1. The molecule has 5 heteroatoms. The standard InChI is InChI=1S/C16H16BrNO3/c1-10-6-12(19)2-3-14(10)18-9-11-7-13(17)16-15(8-11)20-4-5-21-16/h2-3,6-8,18-19H,4-5,9H2,1H3. The highest BCUT2D eigenvalue weighted by molar-refractivity contribution is 9.10. The summed E-state index contributed by atoms with van der Waals surface area (Å²) in [6, 6.07) is 9.30. The lowest BCUT2D eigenvalue weighted by Gasteiger charge is -2.20. The number of hydrogen-bond donors (Lipinski definition) is 2. The fourth-order valence-electron chi connectivity index (χ4n) is 2.31. The van der Waals surface area contributed by atoms with Crippen molar-refractivity contribution in [2.24, 2.45) is 0 Å². The van der Waals surface area contributed by atoms with E-state index in [1.807, 2.05) is 25.1 Å². The molecule has 4 nitrogen and oxygen atoms in total. The number of aryl methyl sites for hydroxylation is 1. The van der Waals surface area contributed by atoms with Crippen LogP contribution in [0.1, 0.15) is 11.1 Å². The number of halogens is 1. The van der Waals surface area contributed by atoms with Gasteiger partial charge in [0, 0.05) is 12.2 Å². The van der Waals surface area contributed by atoms with E-state index >= 15 is 0 Å². The van der Waals surface area contributed by atoms with Crippen LogP contribution >= 0.6 is 15.9 Å². The van der Waals surface area contributed by atoms with Crippen molar-refractivity contribution in [2.75, 3.05) is 18.5 Å². The van der Waals surface area contributed by atoms with E-state index in [1.165, 1.54) is 0 Å². The number of fused-ring (bicyclic) bond motifs is 1. The molecular formula is C16H16BrNO3. The van der Waals surface area contributed by atoms with E-state index in [0.29, 0.717) is 19.8 Å². The van der Waals surface area contributed by atoms with Crippen molar-refractivity contribution in [1.82, 2.24) is 0 Å². The van der Waals surface area contributed by atoms with Crippen LogP contribution in [0.5, 0.6) is 17.2 Å². The first-order valence-electron chi connectivity index (χ1n) is 6.75. The van der Waals surface area contributed by atoms with Gasteiger partial charge in [0.25, 0.3) is 0 Å². The molecule has 1 aliphatic rings. The monoisotopic (exact) mass is 349 g/mol. The maximum atomic E-state index is 9.43. The molecule has 2 aromatic rings. The van der Waals surface area contributed by atoms with Crippen molar-refractivity contribution < 1.29 is 14.6 Å². The Labute approximate surface area is 131 Å². The zero-order valence-electron chi connectivity index (χ0n) is 11.6. The molecule has 0 spiro atoms. The van der Waals surface area contributed by atoms with Gasteiger partial charge in [0.05, 0.1) is 4.47 Å². The summed E-state index contributed by atoms with van der Waals surface area (Å²) in [6.45, 7) is 3.78. The van der Waals surface area contributed by atoms with E-state index in [0.717, 1.165) is 32.8 Å². The predicted molar refractivity (Wildman–Crippen MR) is 85.3 cm³/mol. The molecular weight excluding hydrogens is 334 g/mol. The highest BCUT2D eigenvalue weighted by Crippen LogP contribution is 2.38. The smallest absolute Gasteiger partial charge is 0.175 e. The maximum Gasteiger partial charge on any atom is 0.175 e. The second-order valence-corrected chi connectivity index (χ2v) is 5.81. The van der Waals surface area contributed by atoms with Crippen LogP contribution in [0, 0.1) is 6.92 Å². The molecule has 0 saturated heterocycles. The number of benzene rings is 2. The average Bonchev–Trinajstić information content (AvgIpc) is 2.46. The quantitative estimate of drug-likeness (QED) is 0.826. The SMILES string of the molecule is Cc1cc(O)ccc1NCc1cc(Br)c2c(c1)OCCO2. The summed E-state index contributed by atoms with van der Waals surface area (Å²) in [7, 11) is 0. The van der Waals surface area contributed by atoms with Crippen molar-refractivity contribution in [3.8, 4) is 17.2 Å². The molecule has 110 valence electrons. The Hall–Kier alpha value is -1.88. The van der Waals surface area contributed by atoms with Crippen LogP contribution in [0.15, 0.2) is 34.8 Å². The molecule has 0 radical (unpaired) electrons. The summed E-state index contributed by atoms with van der Waals surface area (Å²) >= 11 is 3.52. The molecule has 0 amide bonds. The number of hydrogen-bond acceptors (Lipinski definition) is 4. The Morgan fingerprint density at radius 3 is 2.81 bits per heavy atom. The molecule has 3 rings (SSSR count). The molecule has 2 aromatic carbocycles. The molecule has 2 N–H and O–H groups in total. The fourth-order valence-corrected chi connectivity index (χ4v) is 2.91. The van der Waals surface area contributed by atoms with E-state index in [-0.39, 0.29) is 5.75 Å². The number of rotatable bonds is 3. The normalized spacial score (nSPS) is 13.0. The van der Waals surface area contributed by atoms with Crippen molar-refractivity contribution in [1.29, 1.82) is 0 Å². The first kappa shape index (κ1) is 14.1.